The monoisotopic (exact) mass is 185 g/mol. The highest BCUT2D eigenvalue weighted by Crippen LogP contribution is 2.54. The maximum absolute atomic E-state index is 10.2. The molecule has 2 unspecified atom stereocenters. The second kappa shape index (κ2) is 2.94. The van der Waals surface area contributed by atoms with Crippen molar-refractivity contribution in [3.05, 3.63) is 0 Å². The minimum absolute atomic E-state index is 0.132. The lowest BCUT2D eigenvalue weighted by atomic mass is 9.75. The molecule has 2 rings (SSSR count). The molecular formula is C10H19NO2. The number of hydrogen-bond donors (Lipinski definition) is 2. The fraction of sp³-hybridized carbons (Fsp3) is 1.00. The summed E-state index contributed by atoms with van der Waals surface area (Å²) in [7, 11) is 0. The van der Waals surface area contributed by atoms with Crippen molar-refractivity contribution in [1.29, 1.82) is 0 Å². The SMILES string of the molecule is CC1(C(O)C2(CN)CCOC2)CC1. The summed E-state index contributed by atoms with van der Waals surface area (Å²) < 4.78 is 5.36. The van der Waals surface area contributed by atoms with E-state index in [0.717, 1.165) is 25.9 Å². The van der Waals surface area contributed by atoms with Gasteiger partial charge in [-0.15, -0.1) is 0 Å². The molecule has 76 valence electrons. The summed E-state index contributed by atoms with van der Waals surface area (Å²) in [4.78, 5) is 0. The van der Waals surface area contributed by atoms with Gasteiger partial charge in [-0.1, -0.05) is 6.92 Å². The van der Waals surface area contributed by atoms with Crippen molar-refractivity contribution in [2.75, 3.05) is 19.8 Å². The van der Waals surface area contributed by atoms with Crippen molar-refractivity contribution in [2.24, 2.45) is 16.6 Å². The van der Waals surface area contributed by atoms with Crippen LogP contribution in [-0.2, 0) is 4.74 Å². The summed E-state index contributed by atoms with van der Waals surface area (Å²) in [5.74, 6) is 0. The molecule has 1 saturated heterocycles. The lowest BCUT2D eigenvalue weighted by Crippen LogP contribution is -2.46. The lowest BCUT2D eigenvalue weighted by molar-refractivity contribution is -0.0247. The molecule has 0 bridgehead atoms. The average molecular weight is 185 g/mol. The molecule has 3 heteroatoms. The first-order valence-electron chi connectivity index (χ1n) is 5.09. The van der Waals surface area contributed by atoms with Gasteiger partial charge >= 0.3 is 0 Å². The molecule has 0 radical (unpaired) electrons. The minimum Gasteiger partial charge on any atom is -0.392 e. The molecule has 1 saturated carbocycles. The van der Waals surface area contributed by atoms with Crippen LogP contribution in [0.4, 0.5) is 0 Å². The zero-order chi connectivity index (χ0) is 9.53. The van der Waals surface area contributed by atoms with Crippen LogP contribution in [0.25, 0.3) is 0 Å². The van der Waals surface area contributed by atoms with E-state index in [4.69, 9.17) is 10.5 Å². The van der Waals surface area contributed by atoms with Crippen LogP contribution in [0.2, 0.25) is 0 Å². The summed E-state index contributed by atoms with van der Waals surface area (Å²) in [5, 5.41) is 10.2. The van der Waals surface area contributed by atoms with E-state index in [1.165, 1.54) is 0 Å². The standard InChI is InChI=1S/C10H19NO2/c1-9(2-3-9)8(12)10(6-11)4-5-13-7-10/h8,12H,2-7,11H2,1H3. The van der Waals surface area contributed by atoms with Crippen molar-refractivity contribution < 1.29 is 9.84 Å². The second-order valence-electron chi connectivity index (χ2n) is 4.93. The Balaban J connectivity index is 2.11. The summed E-state index contributed by atoms with van der Waals surface area (Å²) in [6, 6.07) is 0. The van der Waals surface area contributed by atoms with Crippen LogP contribution in [0.5, 0.6) is 0 Å². The number of hydrogen-bond acceptors (Lipinski definition) is 3. The van der Waals surface area contributed by atoms with E-state index in [2.05, 4.69) is 6.92 Å². The van der Waals surface area contributed by atoms with Crippen molar-refractivity contribution in [2.45, 2.75) is 32.3 Å². The van der Waals surface area contributed by atoms with Crippen LogP contribution < -0.4 is 5.73 Å². The Kier molecular flexibility index (Phi) is 2.13. The van der Waals surface area contributed by atoms with E-state index in [0.29, 0.717) is 13.2 Å². The molecule has 1 heterocycles. The van der Waals surface area contributed by atoms with Gasteiger partial charge in [0.15, 0.2) is 0 Å². The van der Waals surface area contributed by atoms with Crippen molar-refractivity contribution in [3.8, 4) is 0 Å². The molecule has 0 aromatic carbocycles. The number of rotatable bonds is 3. The van der Waals surface area contributed by atoms with Crippen LogP contribution in [0.15, 0.2) is 0 Å². The normalized spacial score (nSPS) is 39.0. The Morgan fingerprint density at radius 3 is 2.54 bits per heavy atom. The van der Waals surface area contributed by atoms with E-state index in [1.807, 2.05) is 0 Å². The van der Waals surface area contributed by atoms with Crippen molar-refractivity contribution in [3.63, 3.8) is 0 Å². The lowest BCUT2D eigenvalue weighted by Gasteiger charge is -2.35. The fourth-order valence-corrected chi connectivity index (χ4v) is 2.32. The molecule has 2 aliphatic rings. The average Bonchev–Trinajstić information content (AvgIpc) is 2.71. The Labute approximate surface area is 79.3 Å². The third kappa shape index (κ3) is 1.39. The highest BCUT2D eigenvalue weighted by Gasteiger charge is 2.54. The predicted molar refractivity (Wildman–Crippen MR) is 50.3 cm³/mol. The molecule has 1 aliphatic carbocycles. The van der Waals surface area contributed by atoms with Gasteiger partial charge in [-0.05, 0) is 24.7 Å². The van der Waals surface area contributed by atoms with Crippen LogP contribution in [0.1, 0.15) is 26.2 Å². The van der Waals surface area contributed by atoms with E-state index < -0.39 is 0 Å². The molecule has 13 heavy (non-hydrogen) atoms. The quantitative estimate of drug-likeness (QED) is 0.673. The van der Waals surface area contributed by atoms with E-state index in [1.54, 1.807) is 0 Å². The molecule has 3 N–H and O–H groups in total. The van der Waals surface area contributed by atoms with Gasteiger partial charge in [0.1, 0.15) is 0 Å². The summed E-state index contributed by atoms with van der Waals surface area (Å²) in [6.07, 6.45) is 2.92. The molecule has 0 amide bonds. The zero-order valence-electron chi connectivity index (χ0n) is 8.25. The molecule has 3 nitrogen and oxygen atoms in total. The first-order chi connectivity index (χ1) is 6.13. The van der Waals surface area contributed by atoms with Gasteiger partial charge < -0.3 is 15.6 Å². The van der Waals surface area contributed by atoms with Gasteiger partial charge in [-0.25, -0.2) is 0 Å². The largest absolute Gasteiger partial charge is 0.392 e. The molecule has 0 spiro atoms. The van der Waals surface area contributed by atoms with Crippen LogP contribution in [-0.4, -0.2) is 31.0 Å². The highest BCUT2D eigenvalue weighted by molar-refractivity contribution is 5.05. The predicted octanol–water partition coefficient (Wildman–Crippen LogP) is 0.513. The number of aliphatic hydroxyl groups excluding tert-OH is 1. The fourth-order valence-electron chi connectivity index (χ4n) is 2.32. The smallest absolute Gasteiger partial charge is 0.0684 e. The number of aliphatic hydroxyl groups is 1. The Morgan fingerprint density at radius 1 is 1.46 bits per heavy atom. The molecular weight excluding hydrogens is 166 g/mol. The molecule has 2 fully saturated rings. The van der Waals surface area contributed by atoms with E-state index >= 15 is 0 Å². The van der Waals surface area contributed by atoms with Gasteiger partial charge in [-0.3, -0.25) is 0 Å². The van der Waals surface area contributed by atoms with Crippen molar-refractivity contribution in [1.82, 2.24) is 0 Å². The number of ether oxygens (including phenoxy) is 1. The van der Waals surface area contributed by atoms with Crippen LogP contribution in [0.3, 0.4) is 0 Å². The summed E-state index contributed by atoms with van der Waals surface area (Å²) >= 11 is 0. The van der Waals surface area contributed by atoms with Crippen LogP contribution in [0, 0.1) is 10.8 Å². The molecule has 2 atom stereocenters. The first-order valence-corrected chi connectivity index (χ1v) is 5.09. The highest BCUT2D eigenvalue weighted by atomic mass is 16.5. The minimum atomic E-state index is -0.271. The van der Waals surface area contributed by atoms with Gasteiger partial charge in [0.2, 0.25) is 0 Å². The summed E-state index contributed by atoms with van der Waals surface area (Å²) in [6.45, 7) is 4.09. The van der Waals surface area contributed by atoms with Crippen LogP contribution >= 0.6 is 0 Å². The molecule has 0 aromatic rings. The molecule has 0 aromatic heterocycles. The Morgan fingerprint density at radius 2 is 2.15 bits per heavy atom. The maximum Gasteiger partial charge on any atom is 0.0684 e. The Hall–Kier alpha value is -0.120. The third-order valence-electron chi connectivity index (χ3n) is 3.82. The third-order valence-corrected chi connectivity index (χ3v) is 3.82. The van der Waals surface area contributed by atoms with E-state index in [-0.39, 0.29) is 16.9 Å². The zero-order valence-corrected chi connectivity index (χ0v) is 8.25. The number of nitrogens with two attached hydrogens (primary N) is 1. The summed E-state index contributed by atoms with van der Waals surface area (Å²) in [5.41, 5.74) is 5.74. The Bertz CT molecular complexity index is 195. The first kappa shape index (κ1) is 9.44. The van der Waals surface area contributed by atoms with E-state index in [9.17, 15) is 5.11 Å². The van der Waals surface area contributed by atoms with Gasteiger partial charge in [0.05, 0.1) is 12.7 Å². The van der Waals surface area contributed by atoms with Gasteiger partial charge in [0, 0.05) is 18.6 Å². The van der Waals surface area contributed by atoms with Gasteiger partial charge in [0.25, 0.3) is 0 Å². The topological polar surface area (TPSA) is 55.5 Å². The maximum atomic E-state index is 10.2. The molecule has 1 aliphatic heterocycles. The van der Waals surface area contributed by atoms with Gasteiger partial charge in [-0.2, -0.15) is 0 Å². The van der Waals surface area contributed by atoms with Crippen molar-refractivity contribution >= 4 is 0 Å². The second-order valence-corrected chi connectivity index (χ2v) is 4.93.